The van der Waals surface area contributed by atoms with Crippen LogP contribution in [-0.2, 0) is 16.8 Å². The number of ether oxygens (including phenoxy) is 1. The van der Waals surface area contributed by atoms with E-state index < -0.39 is 5.97 Å². The number of ketones is 1. The van der Waals surface area contributed by atoms with Gasteiger partial charge in [0.15, 0.2) is 5.78 Å². The first-order valence-corrected chi connectivity index (χ1v) is 14.3. The van der Waals surface area contributed by atoms with Crippen LogP contribution in [0.1, 0.15) is 91.7 Å². The van der Waals surface area contributed by atoms with E-state index in [-0.39, 0.29) is 46.6 Å². The summed E-state index contributed by atoms with van der Waals surface area (Å²) in [7, 11) is 0. The monoisotopic (exact) mass is 610 g/mol. The molecule has 2 aliphatic carbocycles. The summed E-state index contributed by atoms with van der Waals surface area (Å²) in [6, 6.07) is 8.05. The van der Waals surface area contributed by atoms with Crippen molar-refractivity contribution in [1.29, 1.82) is 5.41 Å². The van der Waals surface area contributed by atoms with E-state index >= 15 is 0 Å². The zero-order chi connectivity index (χ0) is 27.5. The molecule has 3 fully saturated rings. The number of benzene rings is 1. The topological polar surface area (TPSA) is 107 Å². The highest BCUT2D eigenvalue weighted by atomic mass is 79.9. The number of carbonyl (C=O) groups is 2. The van der Waals surface area contributed by atoms with E-state index in [0.29, 0.717) is 42.6 Å². The summed E-state index contributed by atoms with van der Waals surface area (Å²) in [4.78, 5) is 34.0. The molecule has 2 aromatic rings. The van der Waals surface area contributed by atoms with Crippen molar-refractivity contribution in [2.24, 2.45) is 11.8 Å². The fourth-order valence-corrected chi connectivity index (χ4v) is 5.88. The number of aromatic nitrogens is 1. The fraction of sp³-hybridized carbons (Fsp3) is 0.548. The van der Waals surface area contributed by atoms with Crippen molar-refractivity contribution in [1.82, 2.24) is 9.88 Å². The minimum absolute atomic E-state index is 0. The third kappa shape index (κ3) is 5.62. The Kier molecular flexibility index (Phi) is 7.72. The van der Waals surface area contributed by atoms with Gasteiger partial charge in [-0.05, 0) is 55.7 Å². The maximum Gasteiger partial charge on any atom is 0.306 e. The predicted octanol–water partition coefficient (Wildman–Crippen LogP) is 5.56. The number of carbonyl (C=O) groups excluding carboxylic acids is 1. The summed E-state index contributed by atoms with van der Waals surface area (Å²) in [5, 5.41) is 18.1. The van der Waals surface area contributed by atoms with Gasteiger partial charge in [-0.25, -0.2) is 4.98 Å². The molecule has 0 radical (unpaired) electrons. The van der Waals surface area contributed by atoms with Crippen LogP contribution in [0.15, 0.2) is 24.3 Å². The lowest BCUT2D eigenvalue weighted by Gasteiger charge is -2.30. The summed E-state index contributed by atoms with van der Waals surface area (Å²) in [6.07, 6.45) is 5.15. The molecule has 8 nitrogen and oxygen atoms in total. The molecule has 2 unspecified atom stereocenters. The molecule has 0 amide bonds. The Bertz CT molecular complexity index is 1340. The number of hydrogen-bond acceptors (Lipinski definition) is 6. The van der Waals surface area contributed by atoms with E-state index in [0.717, 1.165) is 67.0 Å². The van der Waals surface area contributed by atoms with Crippen LogP contribution in [0.25, 0.3) is 0 Å². The molecule has 3 heterocycles. The van der Waals surface area contributed by atoms with Gasteiger partial charge in [-0.15, -0.1) is 17.0 Å². The van der Waals surface area contributed by atoms with Crippen LogP contribution in [0.5, 0.6) is 5.75 Å². The average Bonchev–Trinajstić information content (AvgIpc) is 3.81. The second-order valence-corrected chi connectivity index (χ2v) is 12.7. The normalized spacial score (nSPS) is 21.7. The van der Waals surface area contributed by atoms with E-state index in [1.54, 1.807) is 0 Å². The predicted molar refractivity (Wildman–Crippen MR) is 159 cm³/mol. The Morgan fingerprint density at radius 3 is 2.50 bits per heavy atom. The second kappa shape index (κ2) is 10.8. The molecular weight excluding hydrogens is 572 g/mol. The smallest absolute Gasteiger partial charge is 0.306 e. The van der Waals surface area contributed by atoms with Gasteiger partial charge in [0, 0.05) is 53.9 Å². The average molecular weight is 612 g/mol. The molecule has 2 atom stereocenters. The Morgan fingerprint density at radius 1 is 1.15 bits per heavy atom. The molecule has 2 N–H and O–H groups in total. The van der Waals surface area contributed by atoms with Crippen LogP contribution in [-0.4, -0.2) is 58.8 Å². The quantitative estimate of drug-likeness (QED) is 0.358. The van der Waals surface area contributed by atoms with Gasteiger partial charge in [0.05, 0.1) is 24.8 Å². The summed E-state index contributed by atoms with van der Waals surface area (Å²) in [5.41, 5.74) is 5.00. The summed E-state index contributed by atoms with van der Waals surface area (Å²) >= 11 is 0. The molecular formula is C31H39BrN4O4. The van der Waals surface area contributed by atoms with Gasteiger partial charge in [-0.3, -0.25) is 15.0 Å². The number of nitrogens with one attached hydrogen (secondary N) is 1. The lowest BCUT2D eigenvalue weighted by molar-refractivity contribution is -0.138. The molecule has 2 saturated carbocycles. The number of Topliss-reactive ketones (excluding diaryl/α,β-unsaturated/α-hetero) is 1. The maximum absolute atomic E-state index is 13.8. The minimum atomic E-state index is -0.756. The molecule has 1 aromatic carbocycles. The number of nitrogens with zero attached hydrogens (tertiary/aromatic N) is 3. The number of carboxylic acids is 1. The van der Waals surface area contributed by atoms with Gasteiger partial charge in [0.1, 0.15) is 17.3 Å². The van der Waals surface area contributed by atoms with E-state index in [1.165, 1.54) is 0 Å². The van der Waals surface area contributed by atoms with Crippen molar-refractivity contribution in [2.75, 3.05) is 31.1 Å². The first-order valence-electron chi connectivity index (χ1n) is 14.3. The van der Waals surface area contributed by atoms with Crippen molar-refractivity contribution in [3.8, 4) is 5.75 Å². The zero-order valence-electron chi connectivity index (χ0n) is 23.5. The Hall–Kier alpha value is -2.94. The van der Waals surface area contributed by atoms with Crippen LogP contribution < -0.4 is 9.64 Å². The van der Waals surface area contributed by atoms with Gasteiger partial charge >= 0.3 is 5.97 Å². The molecule has 0 spiro atoms. The standard InChI is InChI=1S/C31H38N4O4.BrH/c1-31(2,3)23-13-20(14-25(34-10-4-5-11-34)28(23)39-17-21-12-22(21)30(37)38)26(36)16-35-15-19-8-9-24(18-6-7-18)33-27(19)29(35)32;/h8-9,13-14,18,21-22,32H,4-7,10-12,15-17H2,1-3H3,(H,37,38);1H. The van der Waals surface area contributed by atoms with Crippen LogP contribution in [0, 0.1) is 17.2 Å². The van der Waals surface area contributed by atoms with Crippen LogP contribution in [0.3, 0.4) is 0 Å². The Morgan fingerprint density at radius 2 is 1.88 bits per heavy atom. The van der Waals surface area contributed by atoms with Gasteiger partial charge in [0.25, 0.3) is 0 Å². The lowest BCUT2D eigenvalue weighted by atomic mass is 9.84. The molecule has 2 aliphatic heterocycles. The molecule has 214 valence electrons. The summed E-state index contributed by atoms with van der Waals surface area (Å²) in [6.45, 7) is 9.17. The number of amidine groups is 1. The fourth-order valence-electron chi connectivity index (χ4n) is 5.88. The number of halogens is 1. The molecule has 9 heteroatoms. The number of carboxylic acid groups (broad SMARTS) is 1. The van der Waals surface area contributed by atoms with Crippen molar-refractivity contribution < 1.29 is 19.4 Å². The number of hydrogen-bond donors (Lipinski definition) is 2. The van der Waals surface area contributed by atoms with E-state index in [2.05, 4.69) is 37.8 Å². The molecule has 40 heavy (non-hydrogen) atoms. The van der Waals surface area contributed by atoms with Gasteiger partial charge < -0.3 is 19.6 Å². The number of fused-ring (bicyclic) bond motifs is 1. The number of rotatable bonds is 9. The second-order valence-electron chi connectivity index (χ2n) is 12.7. The van der Waals surface area contributed by atoms with Crippen LogP contribution >= 0.6 is 17.0 Å². The first kappa shape index (κ1) is 28.6. The SMILES string of the molecule is Br.CC(C)(C)c1cc(C(=O)CN2Cc3ccc(C4CC4)nc3C2=N)cc(N2CCCC2)c1OCC1CC1C(=O)O. The van der Waals surface area contributed by atoms with Gasteiger partial charge in [-0.1, -0.05) is 26.8 Å². The van der Waals surface area contributed by atoms with E-state index in [4.69, 9.17) is 15.1 Å². The number of anilines is 1. The third-order valence-corrected chi connectivity index (χ3v) is 8.56. The molecule has 1 aromatic heterocycles. The Balaban J connectivity index is 0.00000323. The van der Waals surface area contributed by atoms with Crippen LogP contribution in [0.4, 0.5) is 5.69 Å². The summed E-state index contributed by atoms with van der Waals surface area (Å²) in [5.74, 6) is 0.543. The highest BCUT2D eigenvalue weighted by Gasteiger charge is 2.44. The number of pyridine rings is 1. The van der Waals surface area contributed by atoms with Crippen molar-refractivity contribution in [3.05, 3.63) is 52.3 Å². The number of aliphatic carboxylic acids is 1. The van der Waals surface area contributed by atoms with Crippen LogP contribution in [0.2, 0.25) is 0 Å². The first-order chi connectivity index (χ1) is 18.6. The molecule has 1 saturated heterocycles. The third-order valence-electron chi connectivity index (χ3n) is 8.56. The molecule has 4 aliphatic rings. The minimum Gasteiger partial charge on any atom is -0.491 e. The Labute approximate surface area is 246 Å². The van der Waals surface area contributed by atoms with Gasteiger partial charge in [0.2, 0.25) is 0 Å². The molecule has 6 rings (SSSR count). The maximum atomic E-state index is 13.8. The van der Waals surface area contributed by atoms with Gasteiger partial charge in [-0.2, -0.15) is 0 Å². The van der Waals surface area contributed by atoms with Crippen molar-refractivity contribution in [2.45, 2.75) is 70.8 Å². The highest BCUT2D eigenvalue weighted by molar-refractivity contribution is 8.93. The van der Waals surface area contributed by atoms with E-state index in [1.807, 2.05) is 17.0 Å². The summed E-state index contributed by atoms with van der Waals surface area (Å²) < 4.78 is 6.41. The molecule has 0 bridgehead atoms. The van der Waals surface area contributed by atoms with Crippen molar-refractivity contribution in [3.63, 3.8) is 0 Å². The highest BCUT2D eigenvalue weighted by Crippen LogP contribution is 2.45. The lowest BCUT2D eigenvalue weighted by Crippen LogP contribution is -2.31. The zero-order valence-corrected chi connectivity index (χ0v) is 25.2. The van der Waals surface area contributed by atoms with Crippen molar-refractivity contribution >= 4 is 40.3 Å². The van der Waals surface area contributed by atoms with E-state index in [9.17, 15) is 14.7 Å². The largest absolute Gasteiger partial charge is 0.491 e.